The van der Waals surface area contributed by atoms with Gasteiger partial charge in [-0.25, -0.2) is 0 Å². The zero-order valence-corrected chi connectivity index (χ0v) is 10.4. The van der Waals surface area contributed by atoms with Crippen LogP contribution in [0.1, 0.15) is 24.0 Å². The fourth-order valence-corrected chi connectivity index (χ4v) is 3.58. The zero-order chi connectivity index (χ0) is 12.0. The summed E-state index contributed by atoms with van der Waals surface area (Å²) in [6, 6.07) is 8.18. The minimum Gasteiger partial charge on any atom is -0.375 e. The largest absolute Gasteiger partial charge is 0.375 e. The van der Waals surface area contributed by atoms with Crippen LogP contribution in [0.25, 0.3) is 0 Å². The fourth-order valence-electron chi connectivity index (χ4n) is 3.58. The Bertz CT molecular complexity index is 460. The third-order valence-electron chi connectivity index (χ3n) is 4.62. The van der Waals surface area contributed by atoms with E-state index in [2.05, 4.69) is 25.6 Å². The first-order chi connectivity index (χ1) is 8.14. The van der Waals surface area contributed by atoms with E-state index in [1.165, 1.54) is 10.5 Å². The lowest BCUT2D eigenvalue weighted by molar-refractivity contribution is -0.886. The van der Waals surface area contributed by atoms with Crippen molar-refractivity contribution in [3.05, 3.63) is 47.7 Å². The zero-order valence-electron chi connectivity index (χ0n) is 10.4. The Morgan fingerprint density at radius 3 is 2.53 bits per heavy atom. The lowest BCUT2D eigenvalue weighted by Gasteiger charge is -2.49. The molecule has 3 fully saturated rings. The summed E-state index contributed by atoms with van der Waals surface area (Å²) in [7, 11) is 0. The number of aliphatic hydroxyl groups is 1. The van der Waals surface area contributed by atoms with Crippen LogP contribution in [0, 0.1) is 12.8 Å². The van der Waals surface area contributed by atoms with E-state index in [4.69, 9.17) is 0 Å². The third kappa shape index (κ3) is 1.41. The van der Waals surface area contributed by atoms with Crippen molar-refractivity contribution >= 4 is 0 Å². The van der Waals surface area contributed by atoms with Gasteiger partial charge < -0.3 is 10.0 Å². The summed E-state index contributed by atoms with van der Waals surface area (Å²) in [5.74, 6) is 0.355. The van der Waals surface area contributed by atoms with E-state index in [1.54, 1.807) is 0 Å². The second-order valence-corrected chi connectivity index (χ2v) is 5.44. The van der Waals surface area contributed by atoms with Crippen LogP contribution in [0.15, 0.2) is 36.5 Å². The topological polar surface area (TPSA) is 24.7 Å². The van der Waals surface area contributed by atoms with Crippen LogP contribution in [0.2, 0.25) is 0 Å². The van der Waals surface area contributed by atoms with Crippen LogP contribution in [-0.2, 0) is 5.60 Å². The van der Waals surface area contributed by atoms with E-state index in [-0.39, 0.29) is 0 Å². The van der Waals surface area contributed by atoms with Gasteiger partial charge in [0.2, 0.25) is 0 Å². The van der Waals surface area contributed by atoms with Gasteiger partial charge in [-0.1, -0.05) is 24.3 Å². The van der Waals surface area contributed by atoms with Crippen molar-refractivity contribution in [3.63, 3.8) is 0 Å². The van der Waals surface area contributed by atoms with E-state index in [0.717, 1.165) is 37.2 Å². The molecule has 0 unspecified atom stereocenters. The number of quaternary nitrogens is 1. The monoisotopic (exact) mass is 230 g/mol. The summed E-state index contributed by atoms with van der Waals surface area (Å²) < 4.78 is 0. The van der Waals surface area contributed by atoms with Gasteiger partial charge in [0.15, 0.2) is 5.60 Å². The maximum atomic E-state index is 11.2. The molecule has 0 radical (unpaired) electrons. The number of rotatable bonds is 1. The van der Waals surface area contributed by atoms with Crippen LogP contribution < -0.4 is 4.90 Å². The number of fused-ring (bicyclic) bond motifs is 3. The molecule has 3 aliphatic rings. The predicted octanol–water partition coefficient (Wildman–Crippen LogP) is 1.00. The van der Waals surface area contributed by atoms with Crippen molar-refractivity contribution in [2.75, 3.05) is 13.1 Å². The molecule has 2 N–H and O–H groups in total. The van der Waals surface area contributed by atoms with Crippen molar-refractivity contribution in [1.29, 1.82) is 0 Å². The summed E-state index contributed by atoms with van der Waals surface area (Å²) in [6.45, 7) is 8.53. The van der Waals surface area contributed by atoms with Gasteiger partial charge in [-0.15, -0.1) is 0 Å². The summed E-state index contributed by atoms with van der Waals surface area (Å²) in [5.41, 5.74) is 2.42. The van der Waals surface area contributed by atoms with E-state index in [9.17, 15) is 5.11 Å². The molecule has 0 spiro atoms. The normalized spacial score (nSPS) is 36.2. The van der Waals surface area contributed by atoms with Crippen molar-refractivity contribution in [2.45, 2.75) is 25.4 Å². The summed E-state index contributed by atoms with van der Waals surface area (Å²) >= 11 is 0. The maximum Gasteiger partial charge on any atom is 0.166 e. The first-order valence-electron chi connectivity index (χ1n) is 6.47. The molecule has 0 saturated carbocycles. The molecule has 0 amide bonds. The Kier molecular flexibility index (Phi) is 2.39. The van der Waals surface area contributed by atoms with Gasteiger partial charge in [0.05, 0.1) is 13.1 Å². The summed E-state index contributed by atoms with van der Waals surface area (Å²) in [6.07, 6.45) is 2.22. The minimum absolute atomic E-state index is 0.355. The summed E-state index contributed by atoms with van der Waals surface area (Å²) in [5, 5.41) is 11.2. The molecule has 0 aromatic heterocycles. The maximum absolute atomic E-state index is 11.2. The minimum atomic E-state index is -0.794. The van der Waals surface area contributed by atoms with Crippen LogP contribution in [-0.4, -0.2) is 18.2 Å². The molecule has 1 aromatic carbocycles. The van der Waals surface area contributed by atoms with Crippen molar-refractivity contribution in [3.8, 4) is 0 Å². The second kappa shape index (κ2) is 3.69. The lowest BCUT2D eigenvalue weighted by Crippen LogP contribution is -3.15. The highest BCUT2D eigenvalue weighted by Gasteiger charge is 2.53. The number of piperidine rings is 3. The number of aryl methyl sites for hydroxylation is 1. The molecule has 2 bridgehead atoms. The van der Waals surface area contributed by atoms with Gasteiger partial charge in [-0.3, -0.25) is 0 Å². The van der Waals surface area contributed by atoms with Gasteiger partial charge in [0.1, 0.15) is 5.70 Å². The highest BCUT2D eigenvalue weighted by atomic mass is 16.3. The highest BCUT2D eigenvalue weighted by Crippen LogP contribution is 2.42. The first kappa shape index (κ1) is 11.0. The van der Waals surface area contributed by atoms with Gasteiger partial charge in [0, 0.05) is 18.8 Å². The number of hydrogen-bond donors (Lipinski definition) is 2. The molecule has 3 heterocycles. The van der Waals surface area contributed by atoms with Crippen molar-refractivity contribution < 1.29 is 10.0 Å². The Hall–Kier alpha value is -1.12. The van der Waals surface area contributed by atoms with E-state index in [0.29, 0.717) is 5.92 Å². The Morgan fingerprint density at radius 1 is 1.29 bits per heavy atom. The van der Waals surface area contributed by atoms with Gasteiger partial charge in [-0.05, 0) is 24.6 Å². The highest BCUT2D eigenvalue weighted by molar-refractivity contribution is 5.37. The molecule has 2 heteroatoms. The van der Waals surface area contributed by atoms with Crippen LogP contribution in [0.5, 0.6) is 0 Å². The average Bonchev–Trinajstić information content (AvgIpc) is 2.36. The average molecular weight is 230 g/mol. The molecular formula is C15H20NO+. The molecule has 2 nitrogen and oxygen atoms in total. The quantitative estimate of drug-likeness (QED) is 0.739. The van der Waals surface area contributed by atoms with Gasteiger partial charge in [0.25, 0.3) is 0 Å². The first-order valence-corrected chi connectivity index (χ1v) is 6.47. The number of benzene rings is 1. The second-order valence-electron chi connectivity index (χ2n) is 5.44. The molecule has 90 valence electrons. The molecule has 1 atom stereocenters. The van der Waals surface area contributed by atoms with Crippen molar-refractivity contribution in [1.82, 2.24) is 0 Å². The third-order valence-corrected chi connectivity index (χ3v) is 4.62. The molecule has 0 aliphatic carbocycles. The fraction of sp³-hybridized carbons (Fsp3) is 0.467. The number of nitrogens with one attached hydrogen (secondary N) is 1. The smallest absolute Gasteiger partial charge is 0.166 e. The molecule has 17 heavy (non-hydrogen) atoms. The molecule has 3 saturated heterocycles. The predicted molar refractivity (Wildman–Crippen MR) is 67.6 cm³/mol. The van der Waals surface area contributed by atoms with Crippen LogP contribution in [0.3, 0.4) is 0 Å². The number of hydrogen-bond acceptors (Lipinski definition) is 1. The van der Waals surface area contributed by atoms with Gasteiger partial charge >= 0.3 is 0 Å². The molecular weight excluding hydrogens is 210 g/mol. The lowest BCUT2D eigenvalue weighted by atomic mass is 9.69. The van der Waals surface area contributed by atoms with Crippen LogP contribution >= 0.6 is 0 Å². The standard InChI is InChI=1S/C15H19NO/c1-11-5-3-4-6-14(11)15(17)12(2)16-9-7-13(15)8-10-16/h3-6,13,17H,2,7-10H2,1H3/p+1/t15-/m1/s1. The van der Waals surface area contributed by atoms with E-state index < -0.39 is 5.60 Å². The Balaban J connectivity index is 2.12. The van der Waals surface area contributed by atoms with E-state index >= 15 is 0 Å². The Morgan fingerprint density at radius 2 is 1.94 bits per heavy atom. The van der Waals surface area contributed by atoms with E-state index in [1.807, 2.05) is 12.1 Å². The Labute approximate surface area is 103 Å². The molecule has 1 aromatic rings. The summed E-state index contributed by atoms with van der Waals surface area (Å²) in [4.78, 5) is 1.39. The SMILES string of the molecule is C=C1[NH+]2CCC(CC2)[C@@]1(O)c1ccccc1C. The molecule has 4 rings (SSSR count). The van der Waals surface area contributed by atoms with Crippen LogP contribution in [0.4, 0.5) is 0 Å². The van der Waals surface area contributed by atoms with Gasteiger partial charge in [-0.2, -0.15) is 0 Å². The molecule has 3 aliphatic heterocycles. The van der Waals surface area contributed by atoms with Crippen molar-refractivity contribution in [2.24, 2.45) is 5.92 Å².